The fraction of sp³-hybridized carbons (Fsp3) is 0.864. The van der Waals surface area contributed by atoms with Crippen molar-refractivity contribution in [3.8, 4) is 0 Å². The van der Waals surface area contributed by atoms with Gasteiger partial charge in [0, 0.05) is 5.41 Å². The first kappa shape index (κ1) is 15.6. The highest BCUT2D eigenvalue weighted by molar-refractivity contribution is 5.96. The van der Waals surface area contributed by atoms with Gasteiger partial charge >= 0.3 is 0 Å². The van der Waals surface area contributed by atoms with Crippen molar-refractivity contribution in [1.29, 1.82) is 0 Å². The maximum Gasteiger partial charge on any atom is 0.162 e. The van der Waals surface area contributed by atoms with Gasteiger partial charge < -0.3 is 5.11 Å². The average Bonchev–Trinajstić information content (AvgIpc) is 2.97. The topological polar surface area (TPSA) is 37.3 Å². The summed E-state index contributed by atoms with van der Waals surface area (Å²) in [6, 6.07) is 0. The predicted molar refractivity (Wildman–Crippen MR) is 94.3 cm³/mol. The van der Waals surface area contributed by atoms with E-state index in [4.69, 9.17) is 0 Å². The van der Waals surface area contributed by atoms with Crippen LogP contribution in [0.5, 0.6) is 0 Å². The van der Waals surface area contributed by atoms with Gasteiger partial charge in [0.1, 0.15) is 0 Å². The zero-order valence-electron chi connectivity index (χ0n) is 15.0. The van der Waals surface area contributed by atoms with Gasteiger partial charge in [-0.15, -0.1) is 0 Å². The van der Waals surface area contributed by atoms with Crippen molar-refractivity contribution in [3.63, 3.8) is 0 Å². The van der Waals surface area contributed by atoms with Crippen molar-refractivity contribution in [3.05, 3.63) is 12.2 Å². The molecular formula is C22H32O2. The molecule has 5 aliphatic carbocycles. The fourth-order valence-electron chi connectivity index (χ4n) is 8.35. The van der Waals surface area contributed by atoms with Gasteiger partial charge in [-0.05, 0) is 105 Å². The van der Waals surface area contributed by atoms with E-state index in [-0.39, 0.29) is 11.5 Å². The number of carbonyl (C=O) groups is 1. The molecule has 0 bridgehead atoms. The molecule has 5 aliphatic rings. The third-order valence-corrected chi connectivity index (χ3v) is 9.47. The summed E-state index contributed by atoms with van der Waals surface area (Å²) in [5, 5.41) is 10.1. The van der Waals surface area contributed by atoms with Gasteiger partial charge in [0.15, 0.2) is 5.78 Å². The van der Waals surface area contributed by atoms with Crippen LogP contribution in [0.25, 0.3) is 0 Å². The summed E-state index contributed by atoms with van der Waals surface area (Å²) in [5.41, 5.74) is 0.447. The molecule has 2 heteroatoms. The standard InChI is InChI=1S/C22H32O2/c1-21-11-9-16(23)13-15(21)5-7-17-18(21)10-12-22-14(6-8-19(17)22)3-2-4-20(22)24/h2,4,14-19,23H,3,5-13H2,1H3/t14-,15+,16+,17+,18-,19-,21-,22?/m0/s1. The maximum absolute atomic E-state index is 13.0. The van der Waals surface area contributed by atoms with E-state index in [1.807, 2.05) is 6.08 Å². The van der Waals surface area contributed by atoms with Crippen LogP contribution >= 0.6 is 0 Å². The Kier molecular flexibility index (Phi) is 3.38. The number of aliphatic hydroxyl groups excluding tert-OH is 1. The predicted octanol–water partition coefficient (Wildman–Crippen LogP) is 4.52. The lowest BCUT2D eigenvalue weighted by Crippen LogP contribution is -2.56. The quantitative estimate of drug-likeness (QED) is 0.710. The van der Waals surface area contributed by atoms with Gasteiger partial charge in [-0.3, -0.25) is 4.79 Å². The van der Waals surface area contributed by atoms with Crippen molar-refractivity contribution in [1.82, 2.24) is 0 Å². The van der Waals surface area contributed by atoms with Crippen molar-refractivity contribution in [2.75, 3.05) is 0 Å². The molecular weight excluding hydrogens is 296 g/mol. The van der Waals surface area contributed by atoms with Gasteiger partial charge in [-0.25, -0.2) is 0 Å². The number of fused-ring (bicyclic) bond motifs is 4. The molecule has 2 nitrogen and oxygen atoms in total. The van der Waals surface area contributed by atoms with Crippen LogP contribution in [0.3, 0.4) is 0 Å². The first-order valence-corrected chi connectivity index (χ1v) is 10.4. The Bertz CT molecular complexity index is 581. The zero-order chi connectivity index (χ0) is 16.5. The highest BCUT2D eigenvalue weighted by Crippen LogP contribution is 2.68. The summed E-state index contributed by atoms with van der Waals surface area (Å²) in [7, 11) is 0. The first-order chi connectivity index (χ1) is 11.6. The molecule has 0 saturated heterocycles. The third-order valence-electron chi connectivity index (χ3n) is 9.47. The highest BCUT2D eigenvalue weighted by atomic mass is 16.3. The molecule has 132 valence electrons. The van der Waals surface area contributed by atoms with Gasteiger partial charge in [-0.2, -0.15) is 0 Å². The molecule has 1 spiro atoms. The van der Waals surface area contributed by atoms with E-state index in [1.165, 1.54) is 38.5 Å². The van der Waals surface area contributed by atoms with Crippen LogP contribution in [-0.4, -0.2) is 17.0 Å². The molecule has 1 unspecified atom stereocenters. The van der Waals surface area contributed by atoms with Crippen LogP contribution in [0.4, 0.5) is 0 Å². The number of rotatable bonds is 0. The molecule has 0 radical (unpaired) electrons. The van der Waals surface area contributed by atoms with Gasteiger partial charge in [0.25, 0.3) is 0 Å². The third kappa shape index (κ3) is 1.84. The number of allylic oxidation sites excluding steroid dienone is 2. The molecule has 5 rings (SSSR count). The van der Waals surface area contributed by atoms with E-state index in [0.29, 0.717) is 23.0 Å². The van der Waals surface area contributed by atoms with Crippen molar-refractivity contribution in [2.45, 2.75) is 77.2 Å². The second-order valence-corrected chi connectivity index (χ2v) is 9.94. The number of hydrogen-bond acceptors (Lipinski definition) is 2. The summed E-state index contributed by atoms with van der Waals surface area (Å²) in [6.07, 6.45) is 16.0. The minimum atomic E-state index is -0.0597. The van der Waals surface area contributed by atoms with E-state index >= 15 is 0 Å². The molecule has 0 aromatic heterocycles. The lowest BCUT2D eigenvalue weighted by molar-refractivity contribution is -0.152. The van der Waals surface area contributed by atoms with Crippen LogP contribution in [0.15, 0.2) is 12.2 Å². The summed E-state index contributed by atoms with van der Waals surface area (Å²) < 4.78 is 0. The second-order valence-electron chi connectivity index (χ2n) is 9.94. The molecule has 4 fully saturated rings. The number of aliphatic hydroxyl groups is 1. The molecule has 1 N–H and O–H groups in total. The van der Waals surface area contributed by atoms with Crippen LogP contribution in [0, 0.1) is 40.4 Å². The van der Waals surface area contributed by atoms with Crippen molar-refractivity contribution < 1.29 is 9.90 Å². The van der Waals surface area contributed by atoms with Crippen LogP contribution in [0.2, 0.25) is 0 Å². The molecule has 0 heterocycles. The Labute approximate surface area is 146 Å². The summed E-state index contributed by atoms with van der Waals surface area (Å²) >= 11 is 0. The average molecular weight is 328 g/mol. The Balaban J connectivity index is 1.49. The molecule has 0 aromatic rings. The maximum atomic E-state index is 13.0. The smallest absolute Gasteiger partial charge is 0.162 e. The van der Waals surface area contributed by atoms with Crippen LogP contribution in [-0.2, 0) is 4.79 Å². The molecule has 8 atom stereocenters. The second kappa shape index (κ2) is 5.19. The van der Waals surface area contributed by atoms with Crippen molar-refractivity contribution >= 4 is 5.78 Å². The van der Waals surface area contributed by atoms with E-state index in [0.717, 1.165) is 43.4 Å². The fourth-order valence-corrected chi connectivity index (χ4v) is 8.35. The molecule has 24 heavy (non-hydrogen) atoms. The summed E-state index contributed by atoms with van der Waals surface area (Å²) in [4.78, 5) is 13.0. The Morgan fingerprint density at radius 2 is 1.83 bits per heavy atom. The van der Waals surface area contributed by atoms with Gasteiger partial charge in [0.05, 0.1) is 6.10 Å². The molecule has 0 amide bonds. The Morgan fingerprint density at radius 1 is 1.00 bits per heavy atom. The normalized spacial score (nSPS) is 56.2. The number of ketones is 1. The monoisotopic (exact) mass is 328 g/mol. The minimum Gasteiger partial charge on any atom is -0.393 e. The zero-order valence-corrected chi connectivity index (χ0v) is 15.0. The lowest BCUT2D eigenvalue weighted by Gasteiger charge is -2.61. The minimum absolute atomic E-state index is 0.0211. The summed E-state index contributed by atoms with van der Waals surface area (Å²) in [5.74, 6) is 4.07. The van der Waals surface area contributed by atoms with E-state index in [2.05, 4.69) is 13.0 Å². The molecule has 0 aromatic carbocycles. The Hall–Kier alpha value is -0.630. The first-order valence-electron chi connectivity index (χ1n) is 10.4. The Morgan fingerprint density at radius 3 is 2.71 bits per heavy atom. The molecule has 4 saturated carbocycles. The van der Waals surface area contributed by atoms with E-state index < -0.39 is 0 Å². The molecule has 0 aliphatic heterocycles. The van der Waals surface area contributed by atoms with E-state index in [9.17, 15) is 9.90 Å². The SMILES string of the molecule is C[C@]12CC[C@@H](O)C[C@H]1CC[C@H]1[C@@H]3CC[C@@H]4CC=CC(=O)C43CC[C@@H]12. The lowest BCUT2D eigenvalue weighted by atomic mass is 9.43. The van der Waals surface area contributed by atoms with Gasteiger partial charge in [0.2, 0.25) is 0 Å². The van der Waals surface area contributed by atoms with Crippen LogP contribution in [0.1, 0.15) is 71.1 Å². The summed E-state index contributed by atoms with van der Waals surface area (Å²) in [6.45, 7) is 2.54. The van der Waals surface area contributed by atoms with E-state index in [1.54, 1.807) is 0 Å². The number of hydrogen-bond donors (Lipinski definition) is 1. The van der Waals surface area contributed by atoms with Crippen molar-refractivity contribution in [2.24, 2.45) is 40.4 Å². The largest absolute Gasteiger partial charge is 0.393 e. The highest BCUT2D eigenvalue weighted by Gasteiger charge is 2.63. The van der Waals surface area contributed by atoms with Crippen LogP contribution < -0.4 is 0 Å². The number of carbonyl (C=O) groups excluding carboxylic acids is 1. The van der Waals surface area contributed by atoms with Gasteiger partial charge in [-0.1, -0.05) is 13.0 Å².